The summed E-state index contributed by atoms with van der Waals surface area (Å²) < 4.78 is 5.18. The van der Waals surface area contributed by atoms with Gasteiger partial charge in [-0.1, -0.05) is 11.2 Å². The van der Waals surface area contributed by atoms with Gasteiger partial charge < -0.3 is 14.7 Å². The van der Waals surface area contributed by atoms with E-state index < -0.39 is 0 Å². The van der Waals surface area contributed by atoms with Gasteiger partial charge in [-0.3, -0.25) is 4.79 Å². The first-order chi connectivity index (χ1) is 10.6. The molecule has 0 unspecified atom stereocenters. The van der Waals surface area contributed by atoms with Crippen molar-refractivity contribution in [1.82, 2.24) is 15.1 Å². The minimum absolute atomic E-state index is 0.208. The lowest BCUT2D eigenvalue weighted by molar-refractivity contribution is 0.101. The molecule has 0 fully saturated rings. The lowest BCUT2D eigenvalue weighted by Gasteiger charge is -2.09. The van der Waals surface area contributed by atoms with E-state index in [4.69, 9.17) is 4.52 Å². The summed E-state index contributed by atoms with van der Waals surface area (Å²) in [5.74, 6) is 0.770. The molecule has 1 amide bonds. The van der Waals surface area contributed by atoms with Crippen LogP contribution < -0.4 is 10.2 Å². The fourth-order valence-corrected chi connectivity index (χ4v) is 2.40. The van der Waals surface area contributed by atoms with Crippen molar-refractivity contribution < 1.29 is 9.32 Å². The van der Waals surface area contributed by atoms with Crippen LogP contribution >= 0.6 is 11.3 Å². The topological polar surface area (TPSA) is 84.2 Å². The lowest BCUT2D eigenvalue weighted by atomic mass is 10.3. The predicted octanol–water partition coefficient (Wildman–Crippen LogP) is 2.51. The Kier molecular flexibility index (Phi) is 3.84. The first-order valence-corrected chi connectivity index (χ1v) is 7.33. The molecule has 8 heteroatoms. The summed E-state index contributed by atoms with van der Waals surface area (Å²) in [6, 6.07) is 5.42. The minimum Gasteiger partial charge on any atom is -0.355 e. The zero-order valence-corrected chi connectivity index (χ0v) is 12.8. The normalized spacial score (nSPS) is 10.5. The lowest BCUT2D eigenvalue weighted by Crippen LogP contribution is -2.15. The maximum atomic E-state index is 12.1. The minimum atomic E-state index is -0.368. The molecule has 0 spiro atoms. The van der Waals surface area contributed by atoms with E-state index in [9.17, 15) is 4.79 Å². The highest BCUT2D eigenvalue weighted by Gasteiger charge is 2.14. The molecular formula is C14H13N5O2S. The van der Waals surface area contributed by atoms with E-state index in [1.54, 1.807) is 23.4 Å². The highest BCUT2D eigenvalue weighted by Crippen LogP contribution is 2.25. The maximum Gasteiger partial charge on any atom is 0.277 e. The van der Waals surface area contributed by atoms with E-state index in [-0.39, 0.29) is 11.6 Å². The number of aromatic nitrogens is 3. The fraction of sp³-hybridized carbons (Fsp3) is 0.143. The molecule has 3 aromatic heterocycles. The number of amides is 1. The van der Waals surface area contributed by atoms with Crippen molar-refractivity contribution in [2.45, 2.75) is 0 Å². The number of hydrogen-bond donors (Lipinski definition) is 1. The molecule has 0 atom stereocenters. The molecule has 22 heavy (non-hydrogen) atoms. The van der Waals surface area contributed by atoms with Crippen LogP contribution in [0.25, 0.3) is 10.6 Å². The Morgan fingerprint density at radius 3 is 2.73 bits per heavy atom. The van der Waals surface area contributed by atoms with Gasteiger partial charge in [-0.05, 0) is 11.4 Å². The fourth-order valence-electron chi connectivity index (χ4n) is 1.73. The van der Waals surface area contributed by atoms with Gasteiger partial charge in [-0.25, -0.2) is 9.97 Å². The number of nitrogens with zero attached hydrogens (tertiary/aromatic N) is 4. The number of hydrogen-bond acceptors (Lipinski definition) is 7. The molecule has 1 N–H and O–H groups in total. The first kappa shape index (κ1) is 14.2. The van der Waals surface area contributed by atoms with Gasteiger partial charge >= 0.3 is 0 Å². The average molecular weight is 315 g/mol. The first-order valence-electron chi connectivity index (χ1n) is 6.45. The van der Waals surface area contributed by atoms with Gasteiger partial charge in [0.1, 0.15) is 0 Å². The van der Waals surface area contributed by atoms with Crippen molar-refractivity contribution in [2.24, 2.45) is 0 Å². The molecule has 0 saturated carbocycles. The van der Waals surface area contributed by atoms with Gasteiger partial charge in [0.05, 0.1) is 23.0 Å². The van der Waals surface area contributed by atoms with Crippen molar-refractivity contribution in [2.75, 3.05) is 24.3 Å². The zero-order valence-electron chi connectivity index (χ0n) is 12.0. The molecule has 0 aliphatic carbocycles. The molecule has 0 aliphatic rings. The third-order valence-electron chi connectivity index (χ3n) is 2.80. The summed E-state index contributed by atoms with van der Waals surface area (Å²) in [5, 5.41) is 8.40. The Morgan fingerprint density at radius 1 is 1.32 bits per heavy atom. The molecule has 3 heterocycles. The molecule has 0 bridgehead atoms. The SMILES string of the molecule is CN(C)c1ncc(NC(=O)c2cc(-c3cccs3)on2)cn1. The summed E-state index contributed by atoms with van der Waals surface area (Å²) in [7, 11) is 3.68. The number of thiophene rings is 1. The van der Waals surface area contributed by atoms with Crippen molar-refractivity contribution in [3.63, 3.8) is 0 Å². The van der Waals surface area contributed by atoms with Gasteiger partial charge in [0.15, 0.2) is 11.5 Å². The van der Waals surface area contributed by atoms with Gasteiger partial charge in [0.25, 0.3) is 5.91 Å². The molecule has 0 saturated heterocycles. The highest BCUT2D eigenvalue weighted by atomic mass is 32.1. The van der Waals surface area contributed by atoms with E-state index in [0.29, 0.717) is 17.4 Å². The van der Waals surface area contributed by atoms with E-state index in [1.807, 2.05) is 31.6 Å². The largest absolute Gasteiger partial charge is 0.355 e. The van der Waals surface area contributed by atoms with Crippen LogP contribution in [0.1, 0.15) is 10.5 Å². The Bertz CT molecular complexity index is 765. The summed E-state index contributed by atoms with van der Waals surface area (Å²) in [6.07, 6.45) is 3.08. The van der Waals surface area contributed by atoms with Crippen LogP contribution in [-0.4, -0.2) is 35.1 Å². The number of rotatable bonds is 4. The second-order valence-electron chi connectivity index (χ2n) is 4.67. The quantitative estimate of drug-likeness (QED) is 0.796. The van der Waals surface area contributed by atoms with E-state index in [1.165, 1.54) is 11.3 Å². The number of carbonyl (C=O) groups excluding carboxylic acids is 1. The maximum absolute atomic E-state index is 12.1. The molecule has 7 nitrogen and oxygen atoms in total. The molecule has 3 rings (SSSR count). The van der Waals surface area contributed by atoms with Gasteiger partial charge in [0.2, 0.25) is 5.95 Å². The Hall–Kier alpha value is -2.74. The summed E-state index contributed by atoms with van der Waals surface area (Å²) in [4.78, 5) is 23.1. The van der Waals surface area contributed by atoms with Crippen molar-refractivity contribution in [1.29, 1.82) is 0 Å². The van der Waals surface area contributed by atoms with Gasteiger partial charge in [-0.2, -0.15) is 0 Å². The Morgan fingerprint density at radius 2 is 2.09 bits per heavy atom. The number of nitrogens with one attached hydrogen (secondary N) is 1. The summed E-state index contributed by atoms with van der Waals surface area (Å²) in [5.41, 5.74) is 0.705. The summed E-state index contributed by atoms with van der Waals surface area (Å²) >= 11 is 1.52. The average Bonchev–Trinajstić information content (AvgIpc) is 3.19. The number of carbonyl (C=O) groups is 1. The monoisotopic (exact) mass is 315 g/mol. The van der Waals surface area contributed by atoms with Crippen LogP contribution in [0.15, 0.2) is 40.5 Å². The molecule has 3 aromatic rings. The molecule has 112 valence electrons. The van der Waals surface area contributed by atoms with Crippen LogP contribution in [0.3, 0.4) is 0 Å². The van der Waals surface area contributed by atoms with Crippen LogP contribution in [0.2, 0.25) is 0 Å². The zero-order chi connectivity index (χ0) is 15.5. The third kappa shape index (κ3) is 2.96. The molecule has 0 aliphatic heterocycles. The van der Waals surface area contributed by atoms with E-state index in [0.717, 1.165) is 4.88 Å². The smallest absolute Gasteiger partial charge is 0.277 e. The second-order valence-corrected chi connectivity index (χ2v) is 5.62. The van der Waals surface area contributed by atoms with Crippen LogP contribution in [0, 0.1) is 0 Å². The van der Waals surface area contributed by atoms with Gasteiger partial charge in [0, 0.05) is 20.2 Å². The van der Waals surface area contributed by atoms with E-state index in [2.05, 4.69) is 20.4 Å². The molecule has 0 radical (unpaired) electrons. The van der Waals surface area contributed by atoms with E-state index >= 15 is 0 Å². The Balaban J connectivity index is 1.72. The van der Waals surface area contributed by atoms with Crippen molar-refractivity contribution >= 4 is 28.9 Å². The number of anilines is 2. The predicted molar refractivity (Wildman–Crippen MR) is 84.1 cm³/mol. The third-order valence-corrected chi connectivity index (χ3v) is 3.69. The molecular weight excluding hydrogens is 302 g/mol. The van der Waals surface area contributed by atoms with Crippen molar-refractivity contribution in [3.05, 3.63) is 41.7 Å². The highest BCUT2D eigenvalue weighted by molar-refractivity contribution is 7.13. The summed E-state index contributed by atoms with van der Waals surface area (Å²) in [6.45, 7) is 0. The molecule has 0 aromatic carbocycles. The van der Waals surface area contributed by atoms with Crippen molar-refractivity contribution in [3.8, 4) is 10.6 Å². The second kappa shape index (κ2) is 5.94. The standard InChI is InChI=1S/C14H13N5O2S/c1-19(2)14-15-7-9(8-16-14)17-13(20)10-6-11(21-18-10)12-4-3-5-22-12/h3-8H,1-2H3,(H,17,20). The van der Waals surface area contributed by atoms with Gasteiger partial charge in [-0.15, -0.1) is 11.3 Å². The van der Waals surface area contributed by atoms with Crippen LogP contribution in [-0.2, 0) is 0 Å². The Labute approximate surface area is 130 Å². The van der Waals surface area contributed by atoms with Crippen LogP contribution in [0.4, 0.5) is 11.6 Å². The van der Waals surface area contributed by atoms with Crippen LogP contribution in [0.5, 0.6) is 0 Å².